The molecule has 5 atom stereocenters. The van der Waals surface area contributed by atoms with E-state index in [4.69, 9.17) is 37.0 Å². The lowest BCUT2D eigenvalue weighted by molar-refractivity contribution is -0.161. The van der Waals surface area contributed by atoms with Crippen molar-refractivity contribution in [3.8, 4) is 0 Å². The van der Waals surface area contributed by atoms with Crippen molar-refractivity contribution in [2.75, 3.05) is 46.2 Å². The fourth-order valence-corrected chi connectivity index (χ4v) is 12.3. The molecule has 0 rings (SSSR count). The van der Waals surface area contributed by atoms with Crippen molar-refractivity contribution in [2.45, 2.75) is 373 Å². The summed E-state index contributed by atoms with van der Waals surface area (Å²) in [5.41, 5.74) is 0. The molecule has 552 valence electrons. The minimum Gasteiger partial charge on any atom is -0.462 e. The quantitative estimate of drug-likeness (QED) is 0.0128. The van der Waals surface area contributed by atoms with Crippen molar-refractivity contribution < 1.29 is 80.2 Å². The van der Waals surface area contributed by atoms with Crippen molar-refractivity contribution in [1.29, 1.82) is 0 Å². The molecule has 0 saturated carbocycles. The highest BCUT2D eigenvalue weighted by atomic mass is 31.2. The first-order chi connectivity index (χ1) is 45.8. The maximum atomic E-state index is 13.1. The second kappa shape index (κ2) is 70.3. The molecule has 0 aromatic rings. The van der Waals surface area contributed by atoms with Gasteiger partial charge in [-0.1, -0.05) is 276 Å². The Kier molecular flexibility index (Phi) is 68.4. The predicted octanol–water partition coefficient (Wildman–Crippen LogP) is 21.2. The van der Waals surface area contributed by atoms with Crippen LogP contribution in [0.5, 0.6) is 0 Å². The second-order valence-electron chi connectivity index (χ2n) is 25.9. The minimum atomic E-state index is -4.93. The molecular weight excluding hydrogens is 1230 g/mol. The SMILES string of the molecule is CCCCC/C=C\C/C=C\CCCCCCCC(=O)O[C@H](COCCCCCCC/C=C\CCCCCCC=O)COP(=O)(O)OC[C@@H](O)COP(=O)(O)OC[C@@H](COC(=O)CCCCCCCCCCCCCCC)OC(=O)CCCCCCCCCCCCCCC. The van der Waals surface area contributed by atoms with Crippen LogP contribution < -0.4 is 0 Å². The highest BCUT2D eigenvalue weighted by Crippen LogP contribution is 2.45. The zero-order valence-corrected chi connectivity index (χ0v) is 61.7. The molecule has 0 aromatic heterocycles. The van der Waals surface area contributed by atoms with Gasteiger partial charge in [0.2, 0.25) is 0 Å². The van der Waals surface area contributed by atoms with Crippen LogP contribution in [0.25, 0.3) is 0 Å². The van der Waals surface area contributed by atoms with Gasteiger partial charge in [0.25, 0.3) is 0 Å². The maximum Gasteiger partial charge on any atom is 0.472 e. The van der Waals surface area contributed by atoms with Crippen LogP contribution in [0.3, 0.4) is 0 Å². The van der Waals surface area contributed by atoms with Crippen LogP contribution in [-0.4, -0.2) is 104 Å². The molecule has 94 heavy (non-hydrogen) atoms. The van der Waals surface area contributed by atoms with Crippen LogP contribution in [0.4, 0.5) is 0 Å². The number of esters is 3. The zero-order chi connectivity index (χ0) is 68.8. The molecule has 0 aromatic carbocycles. The number of aliphatic hydroxyl groups excluding tert-OH is 1. The van der Waals surface area contributed by atoms with Gasteiger partial charge in [0.05, 0.1) is 33.0 Å². The summed E-state index contributed by atoms with van der Waals surface area (Å²) in [6, 6.07) is 0. The normalized spacial score (nSPS) is 14.2. The first-order valence-electron chi connectivity index (χ1n) is 38.2. The first kappa shape index (κ1) is 91.4. The third-order valence-electron chi connectivity index (χ3n) is 16.6. The lowest BCUT2D eigenvalue weighted by Crippen LogP contribution is -2.30. The number of aliphatic hydroxyl groups is 1. The summed E-state index contributed by atoms with van der Waals surface area (Å²) in [5.74, 6) is -1.53. The number of carbonyl (C=O) groups is 4. The van der Waals surface area contributed by atoms with E-state index in [1.54, 1.807) is 0 Å². The number of phosphoric acid groups is 2. The largest absolute Gasteiger partial charge is 0.472 e. The average molecular weight is 1380 g/mol. The molecule has 0 fully saturated rings. The Morgan fingerprint density at radius 3 is 1.01 bits per heavy atom. The Morgan fingerprint density at radius 1 is 0.340 bits per heavy atom. The second-order valence-corrected chi connectivity index (χ2v) is 28.8. The average Bonchev–Trinajstić information content (AvgIpc) is 1.45. The molecule has 2 unspecified atom stereocenters. The van der Waals surface area contributed by atoms with Gasteiger partial charge in [-0.2, -0.15) is 0 Å². The van der Waals surface area contributed by atoms with E-state index in [2.05, 4.69) is 57.2 Å². The van der Waals surface area contributed by atoms with E-state index in [1.165, 1.54) is 128 Å². The summed E-state index contributed by atoms with van der Waals surface area (Å²) in [7, 11) is -9.81. The highest BCUT2D eigenvalue weighted by molar-refractivity contribution is 7.47. The van der Waals surface area contributed by atoms with Crippen LogP contribution in [0.15, 0.2) is 36.5 Å². The van der Waals surface area contributed by atoms with Gasteiger partial charge in [-0.15, -0.1) is 0 Å². The molecule has 0 aliphatic carbocycles. The highest BCUT2D eigenvalue weighted by Gasteiger charge is 2.30. The Balaban J connectivity index is 5.24. The summed E-state index contributed by atoms with van der Waals surface area (Å²) in [6.07, 6.45) is 64.6. The van der Waals surface area contributed by atoms with Gasteiger partial charge >= 0.3 is 33.6 Å². The number of aldehydes is 1. The maximum absolute atomic E-state index is 13.1. The van der Waals surface area contributed by atoms with Crippen LogP contribution in [-0.2, 0) is 65.4 Å². The summed E-state index contributed by atoms with van der Waals surface area (Å²) >= 11 is 0. The van der Waals surface area contributed by atoms with Gasteiger partial charge in [-0.3, -0.25) is 32.5 Å². The Bertz CT molecular complexity index is 1900. The molecule has 0 spiro atoms. The van der Waals surface area contributed by atoms with Gasteiger partial charge in [-0.05, 0) is 89.9 Å². The summed E-state index contributed by atoms with van der Waals surface area (Å²) < 4.78 is 69.1. The van der Waals surface area contributed by atoms with Gasteiger partial charge < -0.3 is 38.6 Å². The third-order valence-corrected chi connectivity index (χ3v) is 18.5. The molecule has 19 heteroatoms. The standard InChI is InChI=1S/C75H140O17P2/c1-4-7-10-13-16-19-22-25-26-31-36-41-45-50-55-60-74(79)91-71(66-85-63-58-53-48-43-38-33-28-27-32-37-42-47-52-57-62-76)68-89-93(81,82)87-64-70(77)65-88-94(83,84)90-69-72(92-75(80)61-56-51-46-40-35-30-24-21-18-15-12-9-6-3)67-86-73(78)59-54-49-44-39-34-29-23-20-17-14-11-8-5-2/h16,19,25-28,62,70-72,77H,4-15,17-18,20-24,29-61,63-69H2,1-3H3,(H,81,82)(H,83,84)/b19-16-,26-25-,28-27-/t70-,71-,72-/m1/s1. The summed E-state index contributed by atoms with van der Waals surface area (Å²) in [5, 5.41) is 10.6. The van der Waals surface area contributed by atoms with Crippen LogP contribution in [0.2, 0.25) is 0 Å². The Morgan fingerprint density at radius 2 is 0.628 bits per heavy atom. The van der Waals surface area contributed by atoms with Gasteiger partial charge in [0.1, 0.15) is 25.1 Å². The lowest BCUT2D eigenvalue weighted by Gasteiger charge is -2.21. The molecule has 0 aliphatic rings. The molecule has 0 saturated heterocycles. The van der Waals surface area contributed by atoms with E-state index in [-0.39, 0.29) is 25.9 Å². The van der Waals surface area contributed by atoms with Crippen molar-refractivity contribution in [3.05, 3.63) is 36.5 Å². The molecule has 3 N–H and O–H groups in total. The molecule has 0 amide bonds. The van der Waals surface area contributed by atoms with Crippen LogP contribution in [0, 0.1) is 0 Å². The Labute approximate surface area is 573 Å². The fourth-order valence-electron chi connectivity index (χ4n) is 10.8. The third kappa shape index (κ3) is 69.3. The predicted molar refractivity (Wildman–Crippen MR) is 382 cm³/mol. The van der Waals surface area contributed by atoms with E-state index in [0.29, 0.717) is 32.3 Å². The van der Waals surface area contributed by atoms with Crippen molar-refractivity contribution in [1.82, 2.24) is 0 Å². The number of rotatable bonds is 75. The number of hydrogen-bond donors (Lipinski definition) is 3. The number of ether oxygens (including phenoxy) is 4. The van der Waals surface area contributed by atoms with E-state index < -0.39 is 84.9 Å². The number of phosphoric ester groups is 2. The Hall–Kier alpha value is -2.56. The van der Waals surface area contributed by atoms with Crippen LogP contribution >= 0.6 is 15.6 Å². The monoisotopic (exact) mass is 1370 g/mol. The molecule has 0 heterocycles. The smallest absolute Gasteiger partial charge is 0.462 e. The lowest BCUT2D eigenvalue weighted by atomic mass is 10.0. The zero-order valence-electron chi connectivity index (χ0n) is 59.9. The van der Waals surface area contributed by atoms with E-state index >= 15 is 0 Å². The van der Waals surface area contributed by atoms with E-state index in [9.17, 15) is 43.2 Å². The topological polar surface area (TPSA) is 237 Å². The summed E-state index contributed by atoms with van der Waals surface area (Å²) in [4.78, 5) is 70.5. The molecular formula is C75H140O17P2. The van der Waals surface area contributed by atoms with Gasteiger partial charge in [-0.25, -0.2) is 9.13 Å². The minimum absolute atomic E-state index is 0.0838. The summed E-state index contributed by atoms with van der Waals surface area (Å²) in [6.45, 7) is 3.66. The molecule has 0 radical (unpaired) electrons. The van der Waals surface area contributed by atoms with Gasteiger partial charge in [0, 0.05) is 32.3 Å². The van der Waals surface area contributed by atoms with E-state index in [1.807, 2.05) is 0 Å². The number of allylic oxidation sites excluding steroid dienone is 6. The van der Waals surface area contributed by atoms with Crippen molar-refractivity contribution in [2.24, 2.45) is 0 Å². The fraction of sp³-hybridized carbons (Fsp3) is 0.867. The molecule has 17 nitrogen and oxygen atoms in total. The molecule has 0 bridgehead atoms. The van der Waals surface area contributed by atoms with Crippen LogP contribution in [0.1, 0.15) is 355 Å². The van der Waals surface area contributed by atoms with Gasteiger partial charge in [0.15, 0.2) is 6.10 Å². The molecule has 0 aliphatic heterocycles. The number of carbonyl (C=O) groups excluding carboxylic acids is 4. The van der Waals surface area contributed by atoms with Crippen molar-refractivity contribution >= 4 is 39.8 Å². The van der Waals surface area contributed by atoms with Crippen molar-refractivity contribution in [3.63, 3.8) is 0 Å². The number of unbranched alkanes of at least 4 members (excludes halogenated alkanes) is 42. The first-order valence-corrected chi connectivity index (χ1v) is 41.2. The van der Waals surface area contributed by atoms with E-state index in [0.717, 1.165) is 167 Å². The number of hydrogen-bond acceptors (Lipinski definition) is 15.